The van der Waals surface area contributed by atoms with E-state index >= 15 is 0 Å². The van der Waals surface area contributed by atoms with Crippen LogP contribution in [0, 0.1) is 29.4 Å². The van der Waals surface area contributed by atoms with Crippen molar-refractivity contribution in [2.75, 3.05) is 0 Å². The summed E-state index contributed by atoms with van der Waals surface area (Å²) < 4.78 is 52.7. The van der Waals surface area contributed by atoms with Gasteiger partial charge in [0, 0.05) is 4.11 Å². The molecular weight excluding hydrogens is 290 g/mol. The molecule has 3 rings (SSSR count). The van der Waals surface area contributed by atoms with Crippen LogP contribution >= 0.6 is 0 Å². The average Bonchev–Trinajstić information content (AvgIpc) is 2.58. The summed E-state index contributed by atoms with van der Waals surface area (Å²) in [6, 6.07) is 3.83. The Balaban J connectivity index is 1.70. The second kappa shape index (κ2) is 7.77. The van der Waals surface area contributed by atoms with Crippen LogP contribution in [0.1, 0.15) is 86.7 Å². The first-order valence-corrected chi connectivity index (χ1v) is 9.19. The molecule has 1 aromatic rings. The molecule has 3 atom stereocenters. The van der Waals surface area contributed by atoms with Crippen LogP contribution in [0.2, 0.25) is 0 Å². The molecule has 0 saturated heterocycles. The average molecular weight is 323 g/mol. The minimum absolute atomic E-state index is 0.213. The fourth-order valence-corrected chi connectivity index (χ4v) is 4.38. The molecule has 0 N–H and O–H groups in total. The summed E-state index contributed by atoms with van der Waals surface area (Å²) in [6.07, 6.45) is 5.75. The van der Waals surface area contributed by atoms with E-state index in [0.717, 1.165) is 37.7 Å². The summed E-state index contributed by atoms with van der Waals surface area (Å²) in [6.45, 7) is 2.21. The van der Waals surface area contributed by atoms with Crippen LogP contribution in [-0.4, -0.2) is 0 Å². The van der Waals surface area contributed by atoms with E-state index in [4.69, 9.17) is 4.11 Å². The van der Waals surface area contributed by atoms with Gasteiger partial charge >= 0.3 is 0 Å². The molecule has 0 heterocycles. The van der Waals surface area contributed by atoms with E-state index in [1.165, 1.54) is 18.9 Å². The first-order chi connectivity index (χ1) is 12.3. The lowest BCUT2D eigenvalue weighted by Gasteiger charge is -2.38. The van der Waals surface area contributed by atoms with E-state index < -0.39 is 24.4 Å². The van der Waals surface area contributed by atoms with Crippen LogP contribution < -0.4 is 0 Å². The lowest BCUT2D eigenvalue weighted by molar-refractivity contribution is 0.156. The second-order valence-electron chi connectivity index (χ2n) is 7.35. The Labute approximate surface area is 143 Å². The zero-order chi connectivity index (χ0) is 18.9. The molecule has 0 aliphatic heterocycles. The third-order valence-corrected chi connectivity index (χ3v) is 5.79. The molecule has 3 unspecified atom stereocenters. The molecule has 2 aliphatic carbocycles. The van der Waals surface area contributed by atoms with Crippen molar-refractivity contribution in [1.82, 2.24) is 0 Å². The van der Waals surface area contributed by atoms with Gasteiger partial charge in [0.15, 0.2) is 11.6 Å². The molecule has 23 heavy (non-hydrogen) atoms. The summed E-state index contributed by atoms with van der Waals surface area (Å²) in [5.41, 5.74) is 0.620. The number of hydrogen-bond donors (Lipinski definition) is 0. The van der Waals surface area contributed by atoms with Gasteiger partial charge in [-0.1, -0.05) is 38.7 Å². The summed E-state index contributed by atoms with van der Waals surface area (Å²) in [5.74, 6) is -1.17. The molecule has 2 fully saturated rings. The van der Waals surface area contributed by atoms with E-state index in [2.05, 4.69) is 6.92 Å². The smallest absolute Gasteiger partial charge is 0.159 e. The Morgan fingerprint density at radius 1 is 1.00 bits per heavy atom. The Morgan fingerprint density at radius 3 is 2.43 bits per heavy atom. The fourth-order valence-electron chi connectivity index (χ4n) is 4.38. The minimum Gasteiger partial charge on any atom is -0.204 e. The quantitative estimate of drug-likeness (QED) is 0.568. The van der Waals surface area contributed by atoms with E-state index in [1.54, 1.807) is 6.07 Å². The Kier molecular flexibility index (Phi) is 4.52. The van der Waals surface area contributed by atoms with Gasteiger partial charge in [0.05, 0.1) is 0 Å². The number of rotatable bonds is 4. The normalized spacial score (nSPS) is 39.3. The summed E-state index contributed by atoms with van der Waals surface area (Å²) >= 11 is 0. The highest BCUT2D eigenvalue weighted by Gasteiger charge is 2.31. The number of hydrogen-bond acceptors (Lipinski definition) is 0. The molecule has 0 amide bonds. The van der Waals surface area contributed by atoms with Crippen LogP contribution in [0.4, 0.5) is 8.78 Å². The van der Waals surface area contributed by atoms with Gasteiger partial charge in [0.25, 0.3) is 0 Å². The summed E-state index contributed by atoms with van der Waals surface area (Å²) in [7, 11) is 0. The second-order valence-corrected chi connectivity index (χ2v) is 7.35. The monoisotopic (exact) mass is 323 g/mol. The van der Waals surface area contributed by atoms with Crippen LogP contribution in [0.5, 0.6) is 0 Å². The van der Waals surface area contributed by atoms with Crippen molar-refractivity contribution in [2.45, 2.75) is 77.0 Å². The molecule has 0 bridgehead atoms. The van der Waals surface area contributed by atoms with Crippen LogP contribution in [-0.2, 0) is 0 Å². The standard InChI is InChI=1S/C21H30F2/c1-2-3-15-4-6-16(7-5-15)17-8-10-18(11-9-17)19-12-13-20(22)21(23)14-19/h12-18H,2-11H2,1H3/i8D,9D2. The Hall–Kier alpha value is -0.920. The molecule has 0 aromatic heterocycles. The van der Waals surface area contributed by atoms with Gasteiger partial charge < -0.3 is 0 Å². The first kappa shape index (κ1) is 13.4. The van der Waals surface area contributed by atoms with Crippen molar-refractivity contribution in [2.24, 2.45) is 17.8 Å². The topological polar surface area (TPSA) is 0 Å². The van der Waals surface area contributed by atoms with Crippen molar-refractivity contribution in [3.8, 4) is 0 Å². The van der Waals surface area contributed by atoms with Gasteiger partial charge in [0.1, 0.15) is 0 Å². The van der Waals surface area contributed by atoms with Gasteiger partial charge in [0.2, 0.25) is 0 Å². The van der Waals surface area contributed by atoms with Gasteiger partial charge in [-0.2, -0.15) is 0 Å². The number of benzene rings is 1. The summed E-state index contributed by atoms with van der Waals surface area (Å²) in [4.78, 5) is 0. The third-order valence-electron chi connectivity index (χ3n) is 5.79. The zero-order valence-corrected chi connectivity index (χ0v) is 14.0. The highest BCUT2D eigenvalue weighted by atomic mass is 19.2. The van der Waals surface area contributed by atoms with Crippen molar-refractivity contribution in [3.05, 3.63) is 35.4 Å². The Morgan fingerprint density at radius 2 is 1.78 bits per heavy atom. The number of halogens is 2. The van der Waals surface area contributed by atoms with Crippen molar-refractivity contribution in [3.63, 3.8) is 0 Å². The van der Waals surface area contributed by atoms with Crippen LogP contribution in [0.3, 0.4) is 0 Å². The highest BCUT2D eigenvalue weighted by molar-refractivity contribution is 5.22. The van der Waals surface area contributed by atoms with Gasteiger partial charge in [-0.15, -0.1) is 0 Å². The van der Waals surface area contributed by atoms with Gasteiger partial charge in [-0.05, 0) is 79.8 Å². The van der Waals surface area contributed by atoms with Gasteiger partial charge in [-0.25, -0.2) is 8.78 Å². The first-order valence-electron chi connectivity index (χ1n) is 10.8. The largest absolute Gasteiger partial charge is 0.204 e. The van der Waals surface area contributed by atoms with Crippen molar-refractivity contribution >= 4 is 0 Å². The lowest BCUT2D eigenvalue weighted by atomic mass is 9.68. The summed E-state index contributed by atoms with van der Waals surface area (Å²) in [5, 5.41) is 0. The molecular formula is C21H30F2. The van der Waals surface area contributed by atoms with Gasteiger partial charge in [-0.3, -0.25) is 0 Å². The predicted octanol–water partition coefficient (Wildman–Crippen LogP) is 6.85. The fraction of sp³-hybridized carbons (Fsp3) is 0.714. The molecule has 2 saturated carbocycles. The Bertz CT molecular complexity index is 611. The highest BCUT2D eigenvalue weighted by Crippen LogP contribution is 2.44. The van der Waals surface area contributed by atoms with E-state index in [1.807, 2.05) is 0 Å². The predicted molar refractivity (Wildman–Crippen MR) is 91.4 cm³/mol. The van der Waals surface area contributed by atoms with E-state index in [9.17, 15) is 8.78 Å². The molecule has 2 aliphatic rings. The van der Waals surface area contributed by atoms with Crippen molar-refractivity contribution < 1.29 is 12.9 Å². The molecule has 2 heteroatoms. The third kappa shape index (κ3) is 4.14. The maximum atomic E-state index is 13.6. The van der Waals surface area contributed by atoms with Crippen molar-refractivity contribution in [1.29, 1.82) is 0 Å². The molecule has 1 aromatic carbocycles. The molecule has 0 nitrogen and oxygen atoms in total. The molecule has 128 valence electrons. The molecule has 0 spiro atoms. The maximum Gasteiger partial charge on any atom is 0.159 e. The molecule has 0 radical (unpaired) electrons. The maximum absolute atomic E-state index is 13.6. The van der Waals surface area contributed by atoms with E-state index in [-0.39, 0.29) is 17.8 Å². The van der Waals surface area contributed by atoms with Crippen LogP contribution in [0.15, 0.2) is 18.2 Å². The minimum atomic E-state index is -1.43. The van der Waals surface area contributed by atoms with E-state index in [0.29, 0.717) is 18.4 Å². The SMILES string of the molecule is [2H]C1CC(c2ccc(F)c(F)c2)CC([2H])([2H])C1C1CCC(CCC)CC1. The van der Waals surface area contributed by atoms with Crippen LogP contribution in [0.25, 0.3) is 0 Å². The lowest BCUT2D eigenvalue weighted by Crippen LogP contribution is -2.25. The zero-order valence-electron chi connectivity index (χ0n) is 17.0.